The summed E-state index contributed by atoms with van der Waals surface area (Å²) >= 11 is 3.21. The number of carboxylic acids is 1. The van der Waals surface area contributed by atoms with Gasteiger partial charge >= 0.3 is 5.97 Å². The standard InChI is InChI=1S/C33H35N3O6S2/c1-21-35-36-33(44-21)43-20-27-17-29(24-11-9-22(19-37)10-12-24)42-32(41-27)25-15-13-23(14-16-25)28-6-3-2-5-26(28)18-34-30(38)7-4-8-31(39)40/h2-3,5-6,9-16,27,29,32,37H,4,7-8,17-20H2,1H3,(H,34,38)(H,39,40)/t27-,29+,32+/m1/s1. The highest BCUT2D eigenvalue weighted by Crippen LogP contribution is 2.40. The Kier molecular flexibility index (Phi) is 11.1. The van der Waals surface area contributed by atoms with Crippen molar-refractivity contribution in [2.45, 2.75) is 68.6 Å². The maximum Gasteiger partial charge on any atom is 0.303 e. The summed E-state index contributed by atoms with van der Waals surface area (Å²) in [4.78, 5) is 23.0. The van der Waals surface area contributed by atoms with Gasteiger partial charge < -0.3 is 25.0 Å². The molecule has 1 saturated heterocycles. The van der Waals surface area contributed by atoms with Gasteiger partial charge in [0.2, 0.25) is 5.91 Å². The van der Waals surface area contributed by atoms with E-state index in [2.05, 4.69) is 15.5 Å². The van der Waals surface area contributed by atoms with E-state index in [0.29, 0.717) is 25.1 Å². The van der Waals surface area contributed by atoms with Crippen molar-refractivity contribution in [1.82, 2.24) is 15.5 Å². The highest BCUT2D eigenvalue weighted by Gasteiger charge is 2.32. The Hall–Kier alpha value is -3.61. The molecule has 11 heteroatoms. The Balaban J connectivity index is 1.29. The fourth-order valence-corrected chi connectivity index (χ4v) is 6.84. The van der Waals surface area contributed by atoms with Gasteiger partial charge in [-0.3, -0.25) is 9.59 Å². The molecule has 230 valence electrons. The number of thioether (sulfide) groups is 1. The van der Waals surface area contributed by atoms with Gasteiger partial charge in [-0.15, -0.1) is 10.2 Å². The van der Waals surface area contributed by atoms with Crippen molar-refractivity contribution in [3.63, 3.8) is 0 Å². The maximum absolute atomic E-state index is 12.2. The first-order chi connectivity index (χ1) is 21.4. The second kappa shape index (κ2) is 15.4. The molecular formula is C33H35N3O6S2. The van der Waals surface area contributed by atoms with Crippen molar-refractivity contribution in [2.75, 3.05) is 5.75 Å². The van der Waals surface area contributed by atoms with E-state index in [-0.39, 0.29) is 37.6 Å². The van der Waals surface area contributed by atoms with E-state index in [4.69, 9.17) is 14.6 Å². The summed E-state index contributed by atoms with van der Waals surface area (Å²) in [6.45, 7) is 2.29. The third-order valence-corrected chi connectivity index (χ3v) is 9.40. The minimum atomic E-state index is -0.902. The number of carbonyl (C=O) groups excluding carboxylic acids is 1. The number of hydrogen-bond acceptors (Lipinski definition) is 9. The van der Waals surface area contributed by atoms with Gasteiger partial charge in [0.15, 0.2) is 10.6 Å². The molecule has 5 rings (SSSR count). The smallest absolute Gasteiger partial charge is 0.303 e. The van der Waals surface area contributed by atoms with Gasteiger partial charge in [0.25, 0.3) is 0 Å². The molecule has 0 spiro atoms. The molecule has 0 bridgehead atoms. The van der Waals surface area contributed by atoms with E-state index in [1.54, 1.807) is 23.1 Å². The third-order valence-electron chi connectivity index (χ3n) is 7.30. The third kappa shape index (κ3) is 8.73. The zero-order valence-electron chi connectivity index (χ0n) is 24.3. The van der Waals surface area contributed by atoms with Crippen LogP contribution in [0.4, 0.5) is 0 Å². The van der Waals surface area contributed by atoms with E-state index in [1.807, 2.05) is 79.7 Å². The zero-order chi connectivity index (χ0) is 30.9. The van der Waals surface area contributed by atoms with Gasteiger partial charge in [-0.1, -0.05) is 95.9 Å². The molecule has 3 aromatic carbocycles. The normalized spacial score (nSPS) is 18.2. The number of carboxylic acid groups (broad SMARTS) is 1. The topological polar surface area (TPSA) is 131 Å². The number of rotatable bonds is 13. The van der Waals surface area contributed by atoms with E-state index in [9.17, 15) is 14.7 Å². The first kappa shape index (κ1) is 31.8. The molecule has 4 aromatic rings. The molecule has 1 aromatic heterocycles. The lowest BCUT2D eigenvalue weighted by atomic mass is 9.97. The number of aromatic nitrogens is 2. The van der Waals surface area contributed by atoms with Crippen molar-refractivity contribution in [3.8, 4) is 11.1 Å². The predicted octanol–water partition coefficient (Wildman–Crippen LogP) is 6.21. The Labute approximate surface area is 264 Å². The molecule has 1 aliphatic rings. The van der Waals surface area contributed by atoms with Crippen molar-refractivity contribution < 1.29 is 29.3 Å². The summed E-state index contributed by atoms with van der Waals surface area (Å²) in [5.74, 6) is -0.356. The van der Waals surface area contributed by atoms with Gasteiger partial charge in [-0.2, -0.15) is 0 Å². The minimum absolute atomic E-state index is 0.00723. The number of nitrogens with zero attached hydrogens (tertiary/aromatic N) is 2. The fraction of sp³-hybridized carbons (Fsp3) is 0.333. The fourth-order valence-electron chi connectivity index (χ4n) is 4.98. The number of benzene rings is 3. The summed E-state index contributed by atoms with van der Waals surface area (Å²) < 4.78 is 13.9. The number of nitrogens with one attached hydrogen (secondary N) is 1. The van der Waals surface area contributed by atoms with Crippen LogP contribution in [-0.4, -0.2) is 44.1 Å². The Bertz CT molecular complexity index is 1540. The average Bonchev–Trinajstić information content (AvgIpc) is 3.47. The van der Waals surface area contributed by atoms with Crippen LogP contribution in [0.2, 0.25) is 0 Å². The number of aliphatic hydroxyl groups excluding tert-OH is 1. The van der Waals surface area contributed by atoms with Gasteiger partial charge in [-0.05, 0) is 41.2 Å². The molecule has 44 heavy (non-hydrogen) atoms. The molecule has 3 atom stereocenters. The van der Waals surface area contributed by atoms with Crippen molar-refractivity contribution in [3.05, 3.63) is 100 Å². The molecule has 9 nitrogen and oxygen atoms in total. The highest BCUT2D eigenvalue weighted by molar-refractivity contribution is 8.01. The van der Waals surface area contributed by atoms with E-state index in [1.165, 1.54) is 0 Å². The molecule has 1 aliphatic heterocycles. The lowest BCUT2D eigenvalue weighted by Crippen LogP contribution is -2.31. The molecule has 1 fully saturated rings. The Morgan fingerprint density at radius 3 is 2.43 bits per heavy atom. The SMILES string of the molecule is Cc1nnc(SC[C@H]2C[C@@H](c3ccc(CO)cc3)O[C@@H](c3ccc(-c4ccccc4CNC(=O)CCCC(=O)O)cc3)O2)s1. The monoisotopic (exact) mass is 633 g/mol. The van der Waals surface area contributed by atoms with Gasteiger partial charge in [-0.25, -0.2) is 0 Å². The molecule has 2 heterocycles. The average molecular weight is 634 g/mol. The summed E-state index contributed by atoms with van der Waals surface area (Å²) in [5, 5.41) is 30.5. The van der Waals surface area contributed by atoms with E-state index < -0.39 is 12.3 Å². The second-order valence-corrected chi connectivity index (χ2v) is 13.0. The van der Waals surface area contributed by atoms with Crippen molar-refractivity contribution in [2.24, 2.45) is 0 Å². The van der Waals surface area contributed by atoms with Gasteiger partial charge in [0, 0.05) is 37.1 Å². The predicted molar refractivity (Wildman–Crippen MR) is 169 cm³/mol. The lowest BCUT2D eigenvalue weighted by molar-refractivity contribution is -0.245. The molecule has 0 unspecified atom stereocenters. The number of ether oxygens (including phenoxy) is 2. The van der Waals surface area contributed by atoms with Crippen LogP contribution in [-0.2, 0) is 32.2 Å². The Morgan fingerprint density at radius 1 is 0.977 bits per heavy atom. The summed E-state index contributed by atoms with van der Waals surface area (Å²) in [6, 6.07) is 23.8. The van der Waals surface area contributed by atoms with Gasteiger partial charge in [0.1, 0.15) is 5.01 Å². The summed E-state index contributed by atoms with van der Waals surface area (Å²) in [5.41, 5.74) is 5.75. The van der Waals surface area contributed by atoms with Crippen LogP contribution in [0, 0.1) is 6.92 Å². The molecular weight excluding hydrogens is 599 g/mol. The molecule has 0 aliphatic carbocycles. The maximum atomic E-state index is 12.2. The number of aryl methyl sites for hydroxylation is 1. The quantitative estimate of drug-likeness (QED) is 0.147. The van der Waals surface area contributed by atoms with Crippen LogP contribution in [0.15, 0.2) is 77.1 Å². The van der Waals surface area contributed by atoms with E-state index >= 15 is 0 Å². The minimum Gasteiger partial charge on any atom is -0.481 e. The number of hydrogen-bond donors (Lipinski definition) is 3. The van der Waals surface area contributed by atoms with Crippen LogP contribution < -0.4 is 5.32 Å². The number of amides is 1. The number of carbonyl (C=O) groups is 2. The van der Waals surface area contributed by atoms with Crippen LogP contribution in [0.3, 0.4) is 0 Å². The second-order valence-electron chi connectivity index (χ2n) is 10.6. The highest BCUT2D eigenvalue weighted by atomic mass is 32.2. The first-order valence-electron chi connectivity index (χ1n) is 14.5. The van der Waals surface area contributed by atoms with Gasteiger partial charge in [0.05, 0.1) is 18.8 Å². The summed E-state index contributed by atoms with van der Waals surface area (Å²) in [7, 11) is 0. The zero-order valence-corrected chi connectivity index (χ0v) is 26.0. The molecule has 1 amide bonds. The van der Waals surface area contributed by atoms with Crippen LogP contribution in [0.1, 0.15) is 65.3 Å². The van der Waals surface area contributed by atoms with Crippen molar-refractivity contribution in [1.29, 1.82) is 0 Å². The number of aliphatic hydroxyl groups is 1. The molecule has 3 N–H and O–H groups in total. The lowest BCUT2D eigenvalue weighted by Gasteiger charge is -2.36. The molecule has 0 saturated carbocycles. The van der Waals surface area contributed by atoms with Crippen LogP contribution >= 0.6 is 23.1 Å². The van der Waals surface area contributed by atoms with E-state index in [0.717, 1.165) is 42.7 Å². The largest absolute Gasteiger partial charge is 0.481 e. The first-order valence-corrected chi connectivity index (χ1v) is 16.3. The van der Waals surface area contributed by atoms with Crippen LogP contribution in [0.25, 0.3) is 11.1 Å². The molecule has 0 radical (unpaired) electrons. The Morgan fingerprint density at radius 2 is 1.73 bits per heavy atom. The van der Waals surface area contributed by atoms with Crippen LogP contribution in [0.5, 0.6) is 0 Å². The van der Waals surface area contributed by atoms with Crippen molar-refractivity contribution >= 4 is 35.0 Å². The summed E-state index contributed by atoms with van der Waals surface area (Å²) in [6.07, 6.45) is 0.329. The number of aliphatic carboxylic acids is 1.